The van der Waals surface area contributed by atoms with Crippen LogP contribution in [0.25, 0.3) is 5.76 Å². The Labute approximate surface area is 184 Å². The lowest BCUT2D eigenvalue weighted by Crippen LogP contribution is -2.32. The first-order valence-electron chi connectivity index (χ1n) is 10.1. The van der Waals surface area contributed by atoms with Crippen molar-refractivity contribution in [2.24, 2.45) is 0 Å². The van der Waals surface area contributed by atoms with E-state index < -0.39 is 34.2 Å². The van der Waals surface area contributed by atoms with Gasteiger partial charge in [-0.2, -0.15) is 0 Å². The van der Waals surface area contributed by atoms with Gasteiger partial charge in [0.25, 0.3) is 17.4 Å². The molecule has 0 radical (unpaired) electrons. The zero-order chi connectivity index (χ0) is 23.6. The van der Waals surface area contributed by atoms with E-state index in [-0.39, 0.29) is 23.4 Å². The molecule has 0 aliphatic carbocycles. The zero-order valence-electron chi connectivity index (χ0n) is 18.0. The number of benzene rings is 2. The van der Waals surface area contributed by atoms with Crippen molar-refractivity contribution < 1.29 is 24.0 Å². The van der Waals surface area contributed by atoms with Crippen molar-refractivity contribution >= 4 is 23.1 Å². The summed E-state index contributed by atoms with van der Waals surface area (Å²) in [5, 5.41) is 21.9. The lowest BCUT2D eigenvalue weighted by molar-refractivity contribution is -0.384. The maximum absolute atomic E-state index is 14.1. The summed E-state index contributed by atoms with van der Waals surface area (Å²) in [5.74, 6) is -2.69. The van der Waals surface area contributed by atoms with E-state index in [1.165, 1.54) is 41.3 Å². The number of carbonyl (C=O) groups excluding carboxylic acids is 2. The average molecular weight is 441 g/mol. The number of aliphatic hydroxyl groups is 1. The maximum Gasteiger partial charge on any atom is 0.295 e. The van der Waals surface area contributed by atoms with E-state index in [9.17, 15) is 29.2 Å². The molecule has 1 aliphatic heterocycles. The zero-order valence-corrected chi connectivity index (χ0v) is 18.0. The van der Waals surface area contributed by atoms with Crippen LogP contribution in [0.4, 0.5) is 10.1 Å². The van der Waals surface area contributed by atoms with Gasteiger partial charge in [0.1, 0.15) is 11.6 Å². The van der Waals surface area contributed by atoms with Crippen molar-refractivity contribution in [1.82, 2.24) is 9.80 Å². The molecule has 1 heterocycles. The Bertz CT molecular complexity index is 1100. The van der Waals surface area contributed by atoms with Crippen LogP contribution in [0.1, 0.15) is 29.2 Å². The average Bonchev–Trinajstić information content (AvgIpc) is 3.00. The summed E-state index contributed by atoms with van der Waals surface area (Å²) in [4.78, 5) is 39.5. The highest BCUT2D eigenvalue weighted by Gasteiger charge is 2.45. The molecule has 0 aromatic heterocycles. The molecule has 1 fully saturated rings. The van der Waals surface area contributed by atoms with Gasteiger partial charge in [-0.25, -0.2) is 4.39 Å². The number of nitrogens with zero attached hydrogens (tertiary/aromatic N) is 3. The minimum Gasteiger partial charge on any atom is -0.507 e. The number of hydrogen-bond acceptors (Lipinski definition) is 6. The maximum atomic E-state index is 14.1. The first-order valence-corrected chi connectivity index (χ1v) is 10.1. The summed E-state index contributed by atoms with van der Waals surface area (Å²) < 4.78 is 14.1. The molecular formula is C23H24FN3O5. The van der Waals surface area contributed by atoms with E-state index in [1.807, 2.05) is 19.0 Å². The molecule has 0 bridgehead atoms. The molecule has 1 unspecified atom stereocenters. The molecule has 2 aromatic rings. The highest BCUT2D eigenvalue weighted by Crippen LogP contribution is 2.40. The lowest BCUT2D eigenvalue weighted by Gasteiger charge is -2.26. The van der Waals surface area contributed by atoms with Crippen molar-refractivity contribution in [3.63, 3.8) is 0 Å². The molecule has 32 heavy (non-hydrogen) atoms. The van der Waals surface area contributed by atoms with Crippen LogP contribution in [0, 0.1) is 22.9 Å². The van der Waals surface area contributed by atoms with Gasteiger partial charge in [0.05, 0.1) is 16.5 Å². The summed E-state index contributed by atoms with van der Waals surface area (Å²) in [5.41, 5.74) is 0.577. The molecule has 9 heteroatoms. The third-order valence-corrected chi connectivity index (χ3v) is 5.41. The highest BCUT2D eigenvalue weighted by atomic mass is 19.1. The van der Waals surface area contributed by atoms with E-state index in [0.29, 0.717) is 24.1 Å². The van der Waals surface area contributed by atoms with Gasteiger partial charge in [0, 0.05) is 24.2 Å². The summed E-state index contributed by atoms with van der Waals surface area (Å²) in [6, 6.07) is 8.58. The number of hydrogen-bond donors (Lipinski definition) is 1. The number of rotatable bonds is 7. The number of carbonyl (C=O) groups is 2. The minimum absolute atomic E-state index is 0.0753. The molecule has 1 N–H and O–H groups in total. The van der Waals surface area contributed by atoms with Gasteiger partial charge in [-0.3, -0.25) is 19.7 Å². The Morgan fingerprint density at radius 3 is 2.41 bits per heavy atom. The predicted molar refractivity (Wildman–Crippen MR) is 116 cm³/mol. The van der Waals surface area contributed by atoms with Gasteiger partial charge < -0.3 is 14.9 Å². The van der Waals surface area contributed by atoms with Crippen molar-refractivity contribution in [3.05, 3.63) is 80.7 Å². The first kappa shape index (κ1) is 23.1. The summed E-state index contributed by atoms with van der Waals surface area (Å²) in [6.07, 6.45) is 0.572. The smallest absolute Gasteiger partial charge is 0.295 e. The number of likely N-dealkylation sites (tertiary alicyclic amines) is 1. The van der Waals surface area contributed by atoms with Gasteiger partial charge in [-0.05, 0) is 63.3 Å². The van der Waals surface area contributed by atoms with Gasteiger partial charge in [-0.1, -0.05) is 12.1 Å². The SMILES string of the molecule is Cc1ccc(C(O)=C2C(=O)C(=O)N(CCCN(C)C)C2c2ccc([N+](=O)[O-])cc2)cc1F. The number of Topliss-reactive ketones (excluding diaryl/α,β-unsaturated/α-hetero) is 1. The molecule has 168 valence electrons. The van der Waals surface area contributed by atoms with Crippen molar-refractivity contribution in [2.75, 3.05) is 27.2 Å². The second-order valence-electron chi connectivity index (χ2n) is 7.96. The Morgan fingerprint density at radius 1 is 1.19 bits per heavy atom. The Morgan fingerprint density at radius 2 is 1.84 bits per heavy atom. The molecule has 3 rings (SSSR count). The number of ketones is 1. The fraction of sp³-hybridized carbons (Fsp3) is 0.304. The normalized spacial score (nSPS) is 17.9. The minimum atomic E-state index is -0.942. The van der Waals surface area contributed by atoms with Gasteiger partial charge in [0.15, 0.2) is 0 Å². The lowest BCUT2D eigenvalue weighted by atomic mass is 9.94. The van der Waals surface area contributed by atoms with Crippen LogP contribution in [0.5, 0.6) is 0 Å². The fourth-order valence-corrected chi connectivity index (χ4v) is 3.69. The Hall–Kier alpha value is -3.59. The summed E-state index contributed by atoms with van der Waals surface area (Å²) in [7, 11) is 3.77. The van der Waals surface area contributed by atoms with E-state index in [1.54, 1.807) is 6.92 Å². The van der Waals surface area contributed by atoms with Crippen LogP contribution in [0.2, 0.25) is 0 Å². The van der Waals surface area contributed by atoms with Crippen molar-refractivity contribution in [1.29, 1.82) is 0 Å². The first-order chi connectivity index (χ1) is 15.1. The molecule has 1 atom stereocenters. The van der Waals surface area contributed by atoms with Gasteiger partial charge in [0.2, 0.25) is 0 Å². The number of aliphatic hydroxyl groups excluding tert-OH is 1. The monoisotopic (exact) mass is 441 g/mol. The predicted octanol–water partition coefficient (Wildman–Crippen LogP) is 3.42. The number of non-ortho nitro benzene ring substituents is 1. The number of aryl methyl sites for hydroxylation is 1. The Balaban J connectivity index is 2.11. The third-order valence-electron chi connectivity index (χ3n) is 5.41. The van der Waals surface area contributed by atoms with Crippen molar-refractivity contribution in [2.45, 2.75) is 19.4 Å². The quantitative estimate of drug-likeness (QED) is 0.232. The van der Waals surface area contributed by atoms with Crippen LogP contribution in [0.3, 0.4) is 0 Å². The Kier molecular flexibility index (Phi) is 6.69. The molecule has 0 spiro atoms. The van der Waals surface area contributed by atoms with Crippen LogP contribution in [-0.4, -0.2) is 58.7 Å². The van der Waals surface area contributed by atoms with Crippen LogP contribution < -0.4 is 0 Å². The molecule has 2 aromatic carbocycles. The summed E-state index contributed by atoms with van der Waals surface area (Å²) >= 11 is 0. The van der Waals surface area contributed by atoms with Gasteiger partial charge >= 0.3 is 0 Å². The molecule has 1 saturated heterocycles. The molecule has 0 saturated carbocycles. The van der Waals surface area contributed by atoms with Crippen LogP contribution >= 0.6 is 0 Å². The number of nitro benzene ring substituents is 1. The van der Waals surface area contributed by atoms with Crippen LogP contribution in [-0.2, 0) is 9.59 Å². The van der Waals surface area contributed by atoms with E-state index in [2.05, 4.69) is 0 Å². The molecule has 8 nitrogen and oxygen atoms in total. The second kappa shape index (κ2) is 9.27. The van der Waals surface area contributed by atoms with E-state index >= 15 is 0 Å². The largest absolute Gasteiger partial charge is 0.507 e. The molecule has 1 aliphatic rings. The third kappa shape index (κ3) is 4.52. The standard InChI is InChI=1S/C23H24FN3O5/c1-14-5-6-16(13-18(14)24)21(28)19-20(15-7-9-17(10-8-15)27(31)32)26(23(30)22(19)29)12-4-11-25(2)3/h5-10,13,20,28H,4,11-12H2,1-3H3. The number of amides is 1. The van der Waals surface area contributed by atoms with Gasteiger partial charge in [-0.15, -0.1) is 0 Å². The van der Waals surface area contributed by atoms with Crippen LogP contribution in [0.15, 0.2) is 48.0 Å². The second-order valence-corrected chi connectivity index (χ2v) is 7.96. The van der Waals surface area contributed by atoms with E-state index in [0.717, 1.165) is 6.07 Å². The molecule has 1 amide bonds. The van der Waals surface area contributed by atoms with Crippen molar-refractivity contribution in [3.8, 4) is 0 Å². The summed E-state index contributed by atoms with van der Waals surface area (Å²) in [6.45, 7) is 2.47. The highest BCUT2D eigenvalue weighted by molar-refractivity contribution is 6.46. The number of nitro groups is 1. The fourth-order valence-electron chi connectivity index (χ4n) is 3.69. The topological polar surface area (TPSA) is 104 Å². The molecular weight excluding hydrogens is 417 g/mol. The van der Waals surface area contributed by atoms with E-state index in [4.69, 9.17) is 0 Å². The number of halogens is 1.